The molecule has 5 nitrogen and oxygen atoms in total. The van der Waals surface area contributed by atoms with Gasteiger partial charge in [0.15, 0.2) is 5.69 Å². The van der Waals surface area contributed by atoms with E-state index in [0.717, 1.165) is 0 Å². The van der Waals surface area contributed by atoms with Gasteiger partial charge in [-0.15, -0.1) is 0 Å². The topological polar surface area (TPSA) is 92.0 Å². The van der Waals surface area contributed by atoms with Crippen LogP contribution < -0.4 is 5.73 Å². The number of aromatic nitrogens is 2. The number of fused-ring (bicyclic) bond motifs is 1. The van der Waals surface area contributed by atoms with E-state index in [1.54, 1.807) is 12.1 Å². The van der Waals surface area contributed by atoms with Crippen molar-refractivity contribution in [1.29, 1.82) is 0 Å². The van der Waals surface area contributed by atoms with Crippen LogP contribution in [0.3, 0.4) is 0 Å². The zero-order chi connectivity index (χ0) is 10.3. The number of hydrogen-bond donors (Lipinski definition) is 3. The van der Waals surface area contributed by atoms with E-state index in [2.05, 4.69) is 25.9 Å². The Labute approximate surface area is 87.1 Å². The summed E-state index contributed by atoms with van der Waals surface area (Å²) in [5.41, 5.74) is 6.83. The number of aromatic carboxylic acids is 1. The maximum atomic E-state index is 10.7. The van der Waals surface area contributed by atoms with Gasteiger partial charge in [0.1, 0.15) is 10.1 Å². The third kappa shape index (κ3) is 1.24. The van der Waals surface area contributed by atoms with Crippen molar-refractivity contribution in [2.24, 2.45) is 0 Å². The minimum atomic E-state index is -1.09. The van der Waals surface area contributed by atoms with Crippen molar-refractivity contribution in [2.75, 3.05) is 5.73 Å². The molecule has 0 unspecified atom stereocenters. The SMILES string of the molecule is Nc1c(C(=O)O)[nH]c2ccc(Br)nc12. The Morgan fingerprint density at radius 3 is 2.93 bits per heavy atom. The van der Waals surface area contributed by atoms with Crippen LogP contribution in [0.15, 0.2) is 16.7 Å². The number of nitrogens with one attached hydrogen (secondary N) is 1. The third-order valence-electron chi connectivity index (χ3n) is 1.86. The van der Waals surface area contributed by atoms with Crippen LogP contribution in [0.25, 0.3) is 11.0 Å². The summed E-state index contributed by atoms with van der Waals surface area (Å²) < 4.78 is 0.618. The van der Waals surface area contributed by atoms with Gasteiger partial charge in [0.2, 0.25) is 0 Å². The largest absolute Gasteiger partial charge is 0.477 e. The molecule has 0 aliphatic carbocycles. The number of aromatic amines is 1. The molecule has 0 bridgehead atoms. The molecule has 0 spiro atoms. The first-order valence-corrected chi connectivity index (χ1v) is 4.56. The maximum Gasteiger partial charge on any atom is 0.354 e. The van der Waals surface area contributed by atoms with Gasteiger partial charge in [0.05, 0.1) is 11.2 Å². The lowest BCUT2D eigenvalue weighted by molar-refractivity contribution is 0.0692. The van der Waals surface area contributed by atoms with E-state index in [4.69, 9.17) is 10.8 Å². The van der Waals surface area contributed by atoms with E-state index in [-0.39, 0.29) is 11.4 Å². The molecular formula is C8H6BrN3O2. The minimum Gasteiger partial charge on any atom is -0.477 e. The van der Waals surface area contributed by atoms with Gasteiger partial charge in [-0.25, -0.2) is 9.78 Å². The molecule has 72 valence electrons. The molecule has 0 fully saturated rings. The van der Waals surface area contributed by atoms with Crippen LogP contribution in [0.5, 0.6) is 0 Å². The molecule has 2 heterocycles. The second-order valence-electron chi connectivity index (χ2n) is 2.75. The molecule has 0 radical (unpaired) electrons. The molecule has 2 rings (SSSR count). The predicted molar refractivity (Wildman–Crippen MR) is 55.2 cm³/mol. The molecule has 6 heteroatoms. The fraction of sp³-hybridized carbons (Fsp3) is 0. The van der Waals surface area contributed by atoms with Crippen LogP contribution in [0.1, 0.15) is 10.5 Å². The molecule has 0 amide bonds. The molecule has 0 saturated heterocycles. The molecule has 0 aromatic carbocycles. The molecule has 0 atom stereocenters. The number of carbonyl (C=O) groups is 1. The number of nitrogen functional groups attached to an aromatic ring is 1. The summed E-state index contributed by atoms with van der Waals surface area (Å²) in [7, 11) is 0. The standard InChI is InChI=1S/C8H6BrN3O2/c9-4-2-1-3-6(12-4)5(10)7(11-3)8(13)14/h1-2,11H,10H2,(H,13,14). The van der Waals surface area contributed by atoms with Crippen molar-refractivity contribution in [1.82, 2.24) is 9.97 Å². The fourth-order valence-electron chi connectivity index (χ4n) is 1.23. The molecular weight excluding hydrogens is 250 g/mol. The van der Waals surface area contributed by atoms with Gasteiger partial charge in [-0.3, -0.25) is 0 Å². The number of H-pyrrole nitrogens is 1. The number of halogens is 1. The number of carboxylic acid groups (broad SMARTS) is 1. The Bertz CT molecular complexity index is 521. The number of rotatable bonds is 1. The Morgan fingerprint density at radius 1 is 1.57 bits per heavy atom. The highest BCUT2D eigenvalue weighted by Crippen LogP contribution is 2.24. The third-order valence-corrected chi connectivity index (χ3v) is 2.30. The summed E-state index contributed by atoms with van der Waals surface area (Å²) >= 11 is 3.18. The van der Waals surface area contributed by atoms with Crippen molar-refractivity contribution in [3.05, 3.63) is 22.4 Å². The Hall–Kier alpha value is -1.56. The van der Waals surface area contributed by atoms with Crippen LogP contribution >= 0.6 is 15.9 Å². The van der Waals surface area contributed by atoms with Crippen LogP contribution in [0.4, 0.5) is 5.69 Å². The Morgan fingerprint density at radius 2 is 2.29 bits per heavy atom. The molecule has 0 aliphatic rings. The molecule has 0 aliphatic heterocycles. The first kappa shape index (κ1) is 9.01. The average Bonchev–Trinajstić information content (AvgIpc) is 2.44. The Kier molecular flexibility index (Phi) is 1.92. The van der Waals surface area contributed by atoms with Crippen molar-refractivity contribution in [3.63, 3.8) is 0 Å². The number of nitrogens with zero attached hydrogens (tertiary/aromatic N) is 1. The van der Waals surface area contributed by atoms with E-state index in [1.807, 2.05) is 0 Å². The van der Waals surface area contributed by atoms with E-state index in [0.29, 0.717) is 15.6 Å². The smallest absolute Gasteiger partial charge is 0.354 e. The zero-order valence-electron chi connectivity index (χ0n) is 6.91. The second-order valence-corrected chi connectivity index (χ2v) is 3.56. The maximum absolute atomic E-state index is 10.7. The molecule has 2 aromatic rings. The molecule has 0 saturated carbocycles. The van der Waals surface area contributed by atoms with Crippen LogP contribution in [0.2, 0.25) is 0 Å². The van der Waals surface area contributed by atoms with E-state index in [1.165, 1.54) is 0 Å². The van der Waals surface area contributed by atoms with Gasteiger partial charge in [0.25, 0.3) is 0 Å². The van der Waals surface area contributed by atoms with Gasteiger partial charge in [-0.2, -0.15) is 0 Å². The van der Waals surface area contributed by atoms with E-state index < -0.39 is 5.97 Å². The summed E-state index contributed by atoms with van der Waals surface area (Å²) in [5.74, 6) is -1.09. The molecule has 4 N–H and O–H groups in total. The highest BCUT2D eigenvalue weighted by molar-refractivity contribution is 9.10. The highest BCUT2D eigenvalue weighted by Gasteiger charge is 2.15. The normalized spacial score (nSPS) is 10.6. The quantitative estimate of drug-likeness (QED) is 0.676. The summed E-state index contributed by atoms with van der Waals surface area (Å²) in [6, 6.07) is 3.43. The van der Waals surface area contributed by atoms with E-state index >= 15 is 0 Å². The van der Waals surface area contributed by atoms with Crippen molar-refractivity contribution < 1.29 is 9.90 Å². The monoisotopic (exact) mass is 255 g/mol. The number of nitrogens with two attached hydrogens (primary N) is 1. The fourth-order valence-corrected chi connectivity index (χ4v) is 1.54. The van der Waals surface area contributed by atoms with Crippen LogP contribution in [-0.4, -0.2) is 21.0 Å². The number of anilines is 1. The van der Waals surface area contributed by atoms with Crippen molar-refractivity contribution in [2.45, 2.75) is 0 Å². The van der Waals surface area contributed by atoms with Crippen LogP contribution in [0, 0.1) is 0 Å². The first-order valence-electron chi connectivity index (χ1n) is 3.76. The number of carboxylic acids is 1. The van der Waals surface area contributed by atoms with Crippen molar-refractivity contribution >= 4 is 38.6 Å². The van der Waals surface area contributed by atoms with E-state index in [9.17, 15) is 4.79 Å². The van der Waals surface area contributed by atoms with Gasteiger partial charge < -0.3 is 15.8 Å². The Balaban J connectivity index is 2.80. The summed E-state index contributed by atoms with van der Waals surface area (Å²) in [4.78, 5) is 17.5. The second kappa shape index (κ2) is 2.98. The van der Waals surface area contributed by atoms with Crippen LogP contribution in [-0.2, 0) is 0 Å². The number of pyridine rings is 1. The average molecular weight is 256 g/mol. The lowest BCUT2D eigenvalue weighted by Gasteiger charge is -1.91. The highest BCUT2D eigenvalue weighted by atomic mass is 79.9. The van der Waals surface area contributed by atoms with Gasteiger partial charge >= 0.3 is 5.97 Å². The molecule has 14 heavy (non-hydrogen) atoms. The van der Waals surface area contributed by atoms with Gasteiger partial charge in [0, 0.05) is 0 Å². The summed E-state index contributed by atoms with van der Waals surface area (Å²) in [6.45, 7) is 0. The number of hydrogen-bond acceptors (Lipinski definition) is 3. The van der Waals surface area contributed by atoms with Gasteiger partial charge in [-0.05, 0) is 28.1 Å². The lowest BCUT2D eigenvalue weighted by atomic mass is 10.3. The summed E-state index contributed by atoms with van der Waals surface area (Å²) in [6.07, 6.45) is 0. The van der Waals surface area contributed by atoms with Gasteiger partial charge in [-0.1, -0.05) is 0 Å². The first-order chi connectivity index (χ1) is 6.59. The zero-order valence-corrected chi connectivity index (χ0v) is 8.50. The summed E-state index contributed by atoms with van der Waals surface area (Å²) in [5, 5.41) is 8.79. The predicted octanol–water partition coefficient (Wildman–Crippen LogP) is 1.61. The van der Waals surface area contributed by atoms with Crippen molar-refractivity contribution in [3.8, 4) is 0 Å². The minimum absolute atomic E-state index is 0.0226. The lowest BCUT2D eigenvalue weighted by Crippen LogP contribution is -2.00. The molecule has 2 aromatic heterocycles.